The lowest BCUT2D eigenvalue weighted by molar-refractivity contribution is 0.0594. The van der Waals surface area contributed by atoms with Gasteiger partial charge in [-0.15, -0.1) is 0 Å². The van der Waals surface area contributed by atoms with Gasteiger partial charge in [0.25, 0.3) is 0 Å². The fourth-order valence-electron chi connectivity index (χ4n) is 2.23. The van der Waals surface area contributed by atoms with E-state index in [9.17, 15) is 13.6 Å². The summed E-state index contributed by atoms with van der Waals surface area (Å²) in [4.78, 5) is 18.4. The predicted octanol–water partition coefficient (Wildman–Crippen LogP) is 3.53. The Bertz CT molecular complexity index is 940. The first-order valence-electron chi connectivity index (χ1n) is 6.43. The number of carbonyl (C=O) groups is 1. The molecule has 3 rings (SSSR count). The number of rotatable bonds is 2. The van der Waals surface area contributed by atoms with Crippen molar-refractivity contribution >= 4 is 34.2 Å². The smallest absolute Gasteiger partial charge is 0.358 e. The van der Waals surface area contributed by atoms with Crippen molar-refractivity contribution in [3.63, 3.8) is 0 Å². The number of aromatic nitrogens is 2. The van der Waals surface area contributed by atoms with E-state index in [1.54, 1.807) is 12.3 Å². The van der Waals surface area contributed by atoms with E-state index < -0.39 is 29.0 Å². The van der Waals surface area contributed by atoms with Gasteiger partial charge in [0.05, 0.1) is 17.8 Å². The Hall–Kier alpha value is -2.67. The van der Waals surface area contributed by atoms with Crippen LogP contribution < -0.4 is 5.73 Å². The molecule has 23 heavy (non-hydrogen) atoms. The number of nitrogens with one attached hydrogen (secondary N) is 1. The molecule has 0 saturated heterocycles. The minimum absolute atomic E-state index is 0.147. The van der Waals surface area contributed by atoms with Gasteiger partial charge in [0, 0.05) is 22.7 Å². The summed E-state index contributed by atoms with van der Waals surface area (Å²) >= 11 is 5.82. The van der Waals surface area contributed by atoms with Gasteiger partial charge < -0.3 is 15.5 Å². The van der Waals surface area contributed by atoms with Crippen LogP contribution in [0.15, 0.2) is 24.4 Å². The van der Waals surface area contributed by atoms with Crippen molar-refractivity contribution in [2.75, 3.05) is 12.8 Å². The maximum absolute atomic E-state index is 14.4. The number of nitrogens with zero attached hydrogens (tertiary/aromatic N) is 1. The zero-order valence-electron chi connectivity index (χ0n) is 11.8. The van der Waals surface area contributed by atoms with Crippen LogP contribution in [-0.4, -0.2) is 23.0 Å². The lowest BCUT2D eigenvalue weighted by Crippen LogP contribution is -2.10. The van der Waals surface area contributed by atoms with Crippen LogP contribution in [0.2, 0.25) is 5.02 Å². The van der Waals surface area contributed by atoms with Gasteiger partial charge in [-0.25, -0.2) is 18.6 Å². The molecule has 0 saturated carbocycles. The molecule has 0 aliphatic heterocycles. The summed E-state index contributed by atoms with van der Waals surface area (Å²) in [6, 6.07) is 4.28. The van der Waals surface area contributed by atoms with Gasteiger partial charge in [-0.05, 0) is 18.2 Å². The number of halogens is 3. The first-order chi connectivity index (χ1) is 10.9. The Balaban J connectivity index is 2.31. The van der Waals surface area contributed by atoms with Gasteiger partial charge in [0.15, 0.2) is 11.5 Å². The highest BCUT2D eigenvalue weighted by Crippen LogP contribution is 2.34. The quantitative estimate of drug-likeness (QED) is 0.701. The van der Waals surface area contributed by atoms with Crippen molar-refractivity contribution in [1.82, 2.24) is 9.97 Å². The van der Waals surface area contributed by atoms with Crippen LogP contribution in [0.4, 0.5) is 14.5 Å². The van der Waals surface area contributed by atoms with E-state index in [2.05, 4.69) is 14.7 Å². The standard InChI is InChI=1S/C15H10ClF2N3O2/c1-23-15(22)14-10(16)12(19)11(18)13(21-14)7-5-9-6(2-3-20-9)4-8(7)17/h2-5,20H,1H3,(H2,19,21). The Morgan fingerprint density at radius 2 is 2.13 bits per heavy atom. The first kappa shape index (κ1) is 15.2. The number of methoxy groups -OCH3 is 1. The molecule has 2 aromatic heterocycles. The number of fused-ring (bicyclic) bond motifs is 1. The highest BCUT2D eigenvalue weighted by atomic mass is 35.5. The van der Waals surface area contributed by atoms with Crippen LogP contribution in [0.1, 0.15) is 10.5 Å². The Labute approximate surface area is 134 Å². The van der Waals surface area contributed by atoms with Crippen molar-refractivity contribution in [2.24, 2.45) is 0 Å². The van der Waals surface area contributed by atoms with Crippen molar-refractivity contribution in [2.45, 2.75) is 0 Å². The number of benzene rings is 1. The monoisotopic (exact) mass is 337 g/mol. The normalized spacial score (nSPS) is 11.0. The van der Waals surface area contributed by atoms with Crippen LogP contribution in [0.3, 0.4) is 0 Å². The lowest BCUT2D eigenvalue weighted by Gasteiger charge is -2.11. The fourth-order valence-corrected chi connectivity index (χ4v) is 2.43. The third-order valence-electron chi connectivity index (χ3n) is 3.39. The third-order valence-corrected chi connectivity index (χ3v) is 3.77. The Kier molecular flexibility index (Phi) is 3.65. The second-order valence-corrected chi connectivity index (χ2v) is 5.12. The molecule has 2 heterocycles. The summed E-state index contributed by atoms with van der Waals surface area (Å²) in [5.74, 6) is -2.61. The van der Waals surface area contributed by atoms with Crippen LogP contribution in [0, 0.1) is 11.6 Å². The lowest BCUT2D eigenvalue weighted by atomic mass is 10.1. The number of hydrogen-bond donors (Lipinski definition) is 2. The first-order valence-corrected chi connectivity index (χ1v) is 6.81. The highest BCUT2D eigenvalue weighted by molar-refractivity contribution is 6.35. The second-order valence-electron chi connectivity index (χ2n) is 4.74. The van der Waals surface area contributed by atoms with Crippen LogP contribution in [0.25, 0.3) is 22.2 Å². The van der Waals surface area contributed by atoms with Gasteiger partial charge in [0.2, 0.25) is 0 Å². The van der Waals surface area contributed by atoms with E-state index in [1.165, 1.54) is 12.1 Å². The van der Waals surface area contributed by atoms with Gasteiger partial charge in [-0.1, -0.05) is 11.6 Å². The number of nitrogens with two attached hydrogens (primary N) is 1. The molecule has 0 spiro atoms. The van der Waals surface area contributed by atoms with E-state index in [-0.39, 0.29) is 16.3 Å². The molecule has 3 aromatic rings. The number of aromatic amines is 1. The molecule has 0 radical (unpaired) electrons. The largest absolute Gasteiger partial charge is 0.464 e. The molecule has 0 fully saturated rings. The summed E-state index contributed by atoms with van der Waals surface area (Å²) in [5, 5.41) is 0.237. The van der Waals surface area contributed by atoms with Crippen molar-refractivity contribution in [3.05, 3.63) is 46.7 Å². The maximum Gasteiger partial charge on any atom is 0.358 e. The molecule has 0 atom stereocenters. The second kappa shape index (κ2) is 5.51. The average Bonchev–Trinajstić information content (AvgIpc) is 2.99. The molecule has 5 nitrogen and oxygen atoms in total. The number of esters is 1. The summed E-state index contributed by atoms with van der Waals surface area (Å²) < 4.78 is 33.2. The zero-order valence-corrected chi connectivity index (χ0v) is 12.5. The molecule has 0 aliphatic carbocycles. The summed E-state index contributed by atoms with van der Waals surface area (Å²) in [5.41, 5.74) is 4.71. The molecular formula is C15H10ClF2N3O2. The van der Waals surface area contributed by atoms with Crippen molar-refractivity contribution < 1.29 is 18.3 Å². The van der Waals surface area contributed by atoms with Gasteiger partial charge >= 0.3 is 5.97 Å². The highest BCUT2D eigenvalue weighted by Gasteiger charge is 2.24. The topological polar surface area (TPSA) is 81.0 Å². The van der Waals surface area contributed by atoms with Crippen molar-refractivity contribution in [3.8, 4) is 11.3 Å². The minimum atomic E-state index is -1.01. The van der Waals surface area contributed by atoms with E-state index >= 15 is 0 Å². The van der Waals surface area contributed by atoms with Gasteiger partial charge in [-0.3, -0.25) is 0 Å². The number of carbonyl (C=O) groups excluding carboxylic acids is 1. The SMILES string of the molecule is COC(=O)c1nc(-c2cc3[nH]ccc3cc2F)c(F)c(N)c1Cl. The van der Waals surface area contributed by atoms with Crippen molar-refractivity contribution in [1.29, 1.82) is 0 Å². The number of ether oxygens (including phenoxy) is 1. The molecule has 3 N–H and O–H groups in total. The molecule has 118 valence electrons. The van der Waals surface area contributed by atoms with E-state index in [4.69, 9.17) is 17.3 Å². The summed E-state index contributed by atoms with van der Waals surface area (Å²) in [7, 11) is 1.12. The third kappa shape index (κ3) is 2.39. The van der Waals surface area contributed by atoms with Gasteiger partial charge in [0.1, 0.15) is 11.5 Å². The maximum atomic E-state index is 14.4. The number of anilines is 1. The Morgan fingerprint density at radius 1 is 1.39 bits per heavy atom. The number of hydrogen-bond acceptors (Lipinski definition) is 4. The van der Waals surface area contributed by atoms with Crippen LogP contribution >= 0.6 is 11.6 Å². The van der Waals surface area contributed by atoms with E-state index in [0.717, 1.165) is 7.11 Å². The molecule has 0 bridgehead atoms. The minimum Gasteiger partial charge on any atom is -0.464 e. The zero-order chi connectivity index (χ0) is 16.7. The predicted molar refractivity (Wildman–Crippen MR) is 82.2 cm³/mol. The van der Waals surface area contributed by atoms with E-state index in [1.807, 2.05) is 0 Å². The molecule has 0 aliphatic rings. The molecule has 0 unspecified atom stereocenters. The van der Waals surface area contributed by atoms with Crippen LogP contribution in [-0.2, 0) is 4.74 Å². The fraction of sp³-hybridized carbons (Fsp3) is 0.0667. The summed E-state index contributed by atoms with van der Waals surface area (Å²) in [6.07, 6.45) is 1.62. The number of nitrogen functional groups attached to an aromatic ring is 1. The van der Waals surface area contributed by atoms with Gasteiger partial charge in [-0.2, -0.15) is 0 Å². The Morgan fingerprint density at radius 3 is 2.83 bits per heavy atom. The summed E-state index contributed by atoms with van der Waals surface area (Å²) in [6.45, 7) is 0. The number of pyridine rings is 1. The van der Waals surface area contributed by atoms with E-state index in [0.29, 0.717) is 10.9 Å². The molecule has 0 amide bonds. The molecule has 8 heteroatoms. The average molecular weight is 338 g/mol. The number of H-pyrrole nitrogens is 1. The van der Waals surface area contributed by atoms with Crippen LogP contribution in [0.5, 0.6) is 0 Å². The molecule has 1 aromatic carbocycles. The molecular weight excluding hydrogens is 328 g/mol.